The molecule has 2 rings (SSSR count). The summed E-state index contributed by atoms with van der Waals surface area (Å²) in [5.74, 6) is -0.0545. The number of hydrogen-bond acceptors (Lipinski definition) is 3. The van der Waals surface area contributed by atoms with Gasteiger partial charge in [-0.3, -0.25) is 4.79 Å². The molecule has 0 radical (unpaired) electrons. The normalized spacial score (nSPS) is 11.9. The van der Waals surface area contributed by atoms with Crippen molar-refractivity contribution in [2.24, 2.45) is 0 Å². The molecule has 20 heavy (non-hydrogen) atoms. The number of aromatic nitrogens is 1. The largest absolute Gasteiger partial charge is 0.508 e. The maximum atomic E-state index is 12.3. The SMILES string of the molecule is CC(c1ccccc1O)N(C)C(=O)c1ccc(Cl)cn1. The van der Waals surface area contributed by atoms with Gasteiger partial charge in [-0.15, -0.1) is 0 Å². The number of nitrogens with zero attached hydrogens (tertiary/aromatic N) is 2. The van der Waals surface area contributed by atoms with Gasteiger partial charge in [-0.05, 0) is 25.1 Å². The molecule has 0 bridgehead atoms. The number of aromatic hydroxyl groups is 1. The van der Waals surface area contributed by atoms with Gasteiger partial charge in [-0.25, -0.2) is 4.98 Å². The van der Waals surface area contributed by atoms with Crippen LogP contribution in [0.15, 0.2) is 42.6 Å². The van der Waals surface area contributed by atoms with Crippen LogP contribution in [0.2, 0.25) is 5.02 Å². The number of para-hydroxylation sites is 1. The van der Waals surface area contributed by atoms with Crippen LogP contribution in [0.3, 0.4) is 0 Å². The Hall–Kier alpha value is -2.07. The van der Waals surface area contributed by atoms with Crippen LogP contribution in [0.5, 0.6) is 5.75 Å². The summed E-state index contributed by atoms with van der Waals surface area (Å²) in [6.07, 6.45) is 1.44. The molecule has 2 aromatic rings. The third-order valence-corrected chi connectivity index (χ3v) is 3.46. The van der Waals surface area contributed by atoms with Crippen molar-refractivity contribution in [3.63, 3.8) is 0 Å². The second kappa shape index (κ2) is 5.92. The van der Waals surface area contributed by atoms with Gasteiger partial charge in [0.1, 0.15) is 11.4 Å². The highest BCUT2D eigenvalue weighted by Crippen LogP contribution is 2.27. The molecule has 0 saturated heterocycles. The summed E-state index contributed by atoms with van der Waals surface area (Å²) in [4.78, 5) is 17.9. The van der Waals surface area contributed by atoms with Gasteiger partial charge < -0.3 is 10.0 Å². The van der Waals surface area contributed by atoms with E-state index >= 15 is 0 Å². The van der Waals surface area contributed by atoms with Crippen molar-refractivity contribution >= 4 is 17.5 Å². The molecule has 1 N–H and O–H groups in total. The Morgan fingerprint density at radius 3 is 2.60 bits per heavy atom. The Labute approximate surface area is 122 Å². The summed E-state index contributed by atoms with van der Waals surface area (Å²) < 4.78 is 0. The minimum absolute atomic E-state index is 0.170. The highest BCUT2D eigenvalue weighted by Gasteiger charge is 2.21. The molecule has 1 amide bonds. The number of carbonyl (C=O) groups is 1. The summed E-state index contributed by atoms with van der Waals surface area (Å²) in [5, 5.41) is 10.3. The van der Waals surface area contributed by atoms with E-state index in [0.29, 0.717) is 16.3 Å². The van der Waals surface area contributed by atoms with E-state index in [1.165, 1.54) is 11.1 Å². The molecule has 0 spiro atoms. The number of rotatable bonds is 3. The van der Waals surface area contributed by atoms with E-state index in [1.54, 1.807) is 37.4 Å². The third kappa shape index (κ3) is 2.91. The molecule has 1 aromatic carbocycles. The average Bonchev–Trinajstić information content (AvgIpc) is 2.46. The number of amides is 1. The second-order valence-electron chi connectivity index (χ2n) is 4.51. The van der Waals surface area contributed by atoms with Crippen molar-refractivity contribution in [1.82, 2.24) is 9.88 Å². The quantitative estimate of drug-likeness (QED) is 0.944. The van der Waals surface area contributed by atoms with Crippen molar-refractivity contribution in [3.05, 3.63) is 58.9 Å². The number of phenols is 1. The zero-order valence-electron chi connectivity index (χ0n) is 11.2. The topological polar surface area (TPSA) is 53.4 Å². The van der Waals surface area contributed by atoms with Crippen molar-refractivity contribution in [3.8, 4) is 5.75 Å². The predicted octanol–water partition coefficient (Wildman–Crippen LogP) is 3.27. The van der Waals surface area contributed by atoms with E-state index in [9.17, 15) is 9.90 Å². The summed E-state index contributed by atoms with van der Waals surface area (Å²) in [6, 6.07) is 9.91. The van der Waals surface area contributed by atoms with E-state index in [0.717, 1.165) is 0 Å². The fourth-order valence-electron chi connectivity index (χ4n) is 1.91. The van der Waals surface area contributed by atoms with Gasteiger partial charge in [0.05, 0.1) is 11.1 Å². The fraction of sp³-hybridized carbons (Fsp3) is 0.200. The molecule has 0 aliphatic carbocycles. The summed E-state index contributed by atoms with van der Waals surface area (Å²) in [5.41, 5.74) is 1.01. The van der Waals surface area contributed by atoms with Gasteiger partial charge in [0.15, 0.2) is 0 Å². The van der Waals surface area contributed by atoms with Crippen molar-refractivity contribution < 1.29 is 9.90 Å². The summed E-state index contributed by atoms with van der Waals surface area (Å²) >= 11 is 5.75. The minimum Gasteiger partial charge on any atom is -0.508 e. The Morgan fingerprint density at radius 2 is 2.00 bits per heavy atom. The lowest BCUT2D eigenvalue weighted by Crippen LogP contribution is -2.30. The molecular weight excluding hydrogens is 276 g/mol. The van der Waals surface area contributed by atoms with Crippen LogP contribution in [0.1, 0.15) is 29.0 Å². The van der Waals surface area contributed by atoms with Crippen LogP contribution in [0.25, 0.3) is 0 Å². The molecule has 1 aromatic heterocycles. The fourth-order valence-corrected chi connectivity index (χ4v) is 2.02. The first-order valence-corrected chi connectivity index (χ1v) is 6.55. The van der Waals surface area contributed by atoms with Crippen molar-refractivity contribution in [2.75, 3.05) is 7.05 Å². The highest BCUT2D eigenvalue weighted by atomic mass is 35.5. The number of benzene rings is 1. The molecule has 104 valence electrons. The molecule has 0 fully saturated rings. The van der Waals surface area contributed by atoms with Gasteiger partial charge in [-0.1, -0.05) is 29.8 Å². The van der Waals surface area contributed by atoms with E-state index < -0.39 is 0 Å². The minimum atomic E-state index is -0.263. The molecule has 1 atom stereocenters. The molecule has 1 heterocycles. The Morgan fingerprint density at radius 1 is 1.30 bits per heavy atom. The Balaban J connectivity index is 2.22. The molecule has 4 nitrogen and oxygen atoms in total. The van der Waals surface area contributed by atoms with Crippen LogP contribution < -0.4 is 0 Å². The maximum absolute atomic E-state index is 12.3. The third-order valence-electron chi connectivity index (χ3n) is 3.23. The van der Waals surface area contributed by atoms with Gasteiger partial charge in [0.25, 0.3) is 5.91 Å². The van der Waals surface area contributed by atoms with E-state index in [-0.39, 0.29) is 17.7 Å². The van der Waals surface area contributed by atoms with E-state index in [1.807, 2.05) is 13.0 Å². The molecule has 0 aliphatic heterocycles. The number of halogens is 1. The lowest BCUT2D eigenvalue weighted by atomic mass is 10.1. The monoisotopic (exact) mass is 290 g/mol. The molecule has 0 saturated carbocycles. The van der Waals surface area contributed by atoms with Gasteiger partial charge >= 0.3 is 0 Å². The molecule has 1 unspecified atom stereocenters. The zero-order chi connectivity index (χ0) is 14.7. The Kier molecular flexibility index (Phi) is 4.25. The maximum Gasteiger partial charge on any atom is 0.272 e. The molecule has 0 aliphatic rings. The first kappa shape index (κ1) is 14.3. The second-order valence-corrected chi connectivity index (χ2v) is 4.95. The zero-order valence-corrected chi connectivity index (χ0v) is 12.0. The summed E-state index contributed by atoms with van der Waals surface area (Å²) in [6.45, 7) is 1.85. The highest BCUT2D eigenvalue weighted by molar-refractivity contribution is 6.30. The number of carbonyl (C=O) groups excluding carboxylic acids is 1. The number of pyridine rings is 1. The van der Waals surface area contributed by atoms with Gasteiger partial charge in [0, 0.05) is 18.8 Å². The van der Waals surface area contributed by atoms with Crippen LogP contribution in [0, 0.1) is 0 Å². The smallest absolute Gasteiger partial charge is 0.272 e. The standard InChI is InChI=1S/C15H15ClN2O2/c1-10(12-5-3-4-6-14(12)19)18(2)15(20)13-8-7-11(16)9-17-13/h3-10,19H,1-2H3. The average molecular weight is 291 g/mol. The van der Waals surface area contributed by atoms with Crippen LogP contribution in [0.4, 0.5) is 0 Å². The van der Waals surface area contributed by atoms with E-state index in [4.69, 9.17) is 11.6 Å². The van der Waals surface area contributed by atoms with Gasteiger partial charge in [0.2, 0.25) is 0 Å². The Bertz CT molecular complexity index is 614. The molecular formula is C15H15ClN2O2. The number of hydrogen-bond donors (Lipinski definition) is 1. The van der Waals surface area contributed by atoms with Crippen LogP contribution in [-0.4, -0.2) is 27.9 Å². The van der Waals surface area contributed by atoms with Crippen molar-refractivity contribution in [1.29, 1.82) is 0 Å². The summed E-state index contributed by atoms with van der Waals surface area (Å²) in [7, 11) is 1.68. The van der Waals surface area contributed by atoms with Gasteiger partial charge in [-0.2, -0.15) is 0 Å². The van der Waals surface area contributed by atoms with E-state index in [2.05, 4.69) is 4.98 Å². The first-order valence-electron chi connectivity index (χ1n) is 6.17. The van der Waals surface area contributed by atoms with Crippen LogP contribution in [-0.2, 0) is 0 Å². The first-order chi connectivity index (χ1) is 9.50. The van der Waals surface area contributed by atoms with Crippen LogP contribution >= 0.6 is 11.6 Å². The van der Waals surface area contributed by atoms with Crippen molar-refractivity contribution in [2.45, 2.75) is 13.0 Å². The lowest BCUT2D eigenvalue weighted by Gasteiger charge is -2.25. The predicted molar refractivity (Wildman–Crippen MR) is 77.9 cm³/mol. The lowest BCUT2D eigenvalue weighted by molar-refractivity contribution is 0.0735. The molecule has 5 heteroatoms. The number of phenolic OH excluding ortho intramolecular Hbond substituents is 1.